The van der Waals surface area contributed by atoms with Crippen LogP contribution in [0.15, 0.2) is 85.2 Å². The van der Waals surface area contributed by atoms with Gasteiger partial charge in [0.25, 0.3) is 0 Å². The summed E-state index contributed by atoms with van der Waals surface area (Å²) >= 11 is 6.09. The molecule has 1 aromatic heterocycles. The first kappa shape index (κ1) is 17.4. The van der Waals surface area contributed by atoms with Gasteiger partial charge < -0.3 is 9.88 Å². The Morgan fingerprint density at radius 2 is 1.76 bits per heavy atom. The molecule has 0 saturated carbocycles. The Bertz CT molecular complexity index is 1340. The maximum Gasteiger partial charge on any atom is 0.0900 e. The third kappa shape index (κ3) is 3.22. The Morgan fingerprint density at radius 3 is 2.55 bits per heavy atom. The number of para-hydroxylation sites is 2. The summed E-state index contributed by atoms with van der Waals surface area (Å²) in [6.07, 6.45) is 3.45. The number of benzene rings is 3. The second-order valence-electron chi connectivity index (χ2n) is 6.67. The number of fused-ring (bicyclic) bond motifs is 2. The molecule has 29 heavy (non-hydrogen) atoms. The number of halogens is 1. The lowest BCUT2D eigenvalue weighted by Crippen LogP contribution is -2.13. The van der Waals surface area contributed by atoms with Crippen molar-refractivity contribution >= 4 is 34.0 Å². The molecule has 140 valence electrons. The summed E-state index contributed by atoms with van der Waals surface area (Å²) < 4.78 is 2.11. The molecule has 0 spiro atoms. The van der Waals surface area contributed by atoms with Gasteiger partial charge in [0.2, 0.25) is 0 Å². The Labute approximate surface area is 172 Å². The molecule has 2 N–H and O–H groups in total. The van der Waals surface area contributed by atoms with E-state index >= 15 is 0 Å². The van der Waals surface area contributed by atoms with E-state index in [9.17, 15) is 0 Å². The smallest absolute Gasteiger partial charge is 0.0900 e. The van der Waals surface area contributed by atoms with E-state index in [-0.39, 0.29) is 0 Å². The van der Waals surface area contributed by atoms with Gasteiger partial charge in [0.05, 0.1) is 45.4 Å². The van der Waals surface area contributed by atoms with Gasteiger partial charge in [-0.05, 0) is 60.7 Å². The van der Waals surface area contributed by atoms with Gasteiger partial charge in [0.1, 0.15) is 0 Å². The molecule has 2 aliphatic rings. The number of pyridine rings is 1. The fourth-order valence-corrected chi connectivity index (χ4v) is 3.54. The monoisotopic (exact) mass is 397 g/mol. The molecule has 0 fully saturated rings. The normalized spacial score (nSPS) is 11.1. The zero-order chi connectivity index (χ0) is 19.8. The fraction of sp³-hybridized carbons (Fsp3) is 0. The van der Waals surface area contributed by atoms with E-state index in [0.29, 0.717) is 16.1 Å². The van der Waals surface area contributed by atoms with E-state index in [1.54, 1.807) is 12.4 Å². The number of aromatic nitrogens is 3. The van der Waals surface area contributed by atoms with Crippen molar-refractivity contribution < 1.29 is 0 Å². The second kappa shape index (κ2) is 7.04. The zero-order valence-electron chi connectivity index (χ0n) is 15.3. The van der Waals surface area contributed by atoms with Gasteiger partial charge in [-0.2, -0.15) is 0 Å². The summed E-state index contributed by atoms with van der Waals surface area (Å²) in [6.45, 7) is 0. The van der Waals surface area contributed by atoms with Crippen LogP contribution in [-0.4, -0.2) is 14.5 Å². The minimum absolute atomic E-state index is 0.376. The highest BCUT2D eigenvalue weighted by Crippen LogP contribution is 2.30. The summed E-state index contributed by atoms with van der Waals surface area (Å²) in [4.78, 5) is 8.96. The highest BCUT2D eigenvalue weighted by Gasteiger charge is 2.16. The molecule has 2 aromatic carbocycles. The van der Waals surface area contributed by atoms with Crippen LogP contribution in [0.5, 0.6) is 0 Å². The molecule has 1 aliphatic heterocycles. The number of nitrogens with one attached hydrogen (secondary N) is 2. The molecule has 3 aromatic rings. The molecule has 5 nitrogen and oxygen atoms in total. The first-order valence-electron chi connectivity index (χ1n) is 9.12. The van der Waals surface area contributed by atoms with Crippen LogP contribution in [0, 0.1) is 5.41 Å². The van der Waals surface area contributed by atoms with Gasteiger partial charge in [-0.3, -0.25) is 10.4 Å². The maximum absolute atomic E-state index is 8.56. The number of rotatable bonds is 3. The third-order valence-electron chi connectivity index (χ3n) is 4.74. The predicted molar refractivity (Wildman–Crippen MR) is 116 cm³/mol. The van der Waals surface area contributed by atoms with E-state index in [1.165, 1.54) is 0 Å². The quantitative estimate of drug-likeness (QED) is 0.400. The number of hydrogen-bond acceptors (Lipinski definition) is 4. The molecular weight excluding hydrogens is 382 g/mol. The molecule has 0 amide bonds. The highest BCUT2D eigenvalue weighted by atomic mass is 35.5. The Hall–Kier alpha value is -3.70. The van der Waals surface area contributed by atoms with Crippen LogP contribution in [0.25, 0.3) is 28.1 Å². The molecule has 5 rings (SSSR count). The Morgan fingerprint density at radius 1 is 0.931 bits per heavy atom. The van der Waals surface area contributed by atoms with Gasteiger partial charge >= 0.3 is 0 Å². The lowest BCUT2D eigenvalue weighted by Gasteiger charge is -2.20. The maximum atomic E-state index is 8.56. The fourth-order valence-electron chi connectivity index (χ4n) is 3.42. The summed E-state index contributed by atoms with van der Waals surface area (Å²) in [5.74, 6) is 0. The van der Waals surface area contributed by atoms with Crippen LogP contribution >= 0.6 is 11.6 Å². The standard InChI is InChI=1S/C23H16ClN5/c24-15-7-9-17(10-8-15)29-22-6-2-1-5-19(22)28-21-13-20(18(25)12-23(21)29)27-16-4-3-11-26-14-16/h1-14,25,27H. The van der Waals surface area contributed by atoms with Gasteiger partial charge in [0.15, 0.2) is 0 Å². The zero-order valence-corrected chi connectivity index (χ0v) is 16.1. The van der Waals surface area contributed by atoms with Crippen molar-refractivity contribution in [3.8, 4) is 17.1 Å². The molecular formula is C23H16ClN5. The van der Waals surface area contributed by atoms with Crippen molar-refractivity contribution in [2.45, 2.75) is 0 Å². The molecule has 0 atom stereocenters. The number of hydrogen-bond donors (Lipinski definition) is 2. The minimum atomic E-state index is 0.376. The van der Waals surface area contributed by atoms with Crippen molar-refractivity contribution in [3.05, 3.63) is 95.6 Å². The number of anilines is 2. The third-order valence-corrected chi connectivity index (χ3v) is 5.00. The SMILES string of the molecule is N=c1cc2n(-c3ccc(Cl)cc3)c3ccccc3nc-2cc1Nc1cccnc1. The average molecular weight is 398 g/mol. The van der Waals surface area contributed by atoms with E-state index in [0.717, 1.165) is 33.8 Å². The summed E-state index contributed by atoms with van der Waals surface area (Å²) in [7, 11) is 0. The summed E-state index contributed by atoms with van der Waals surface area (Å²) in [6, 6.07) is 23.2. The highest BCUT2D eigenvalue weighted by molar-refractivity contribution is 6.30. The van der Waals surface area contributed by atoms with Crippen LogP contribution in [0.3, 0.4) is 0 Å². The molecule has 0 bridgehead atoms. The van der Waals surface area contributed by atoms with E-state index in [2.05, 4.69) is 14.9 Å². The molecule has 1 aliphatic carbocycles. The largest absolute Gasteiger partial charge is 0.352 e. The minimum Gasteiger partial charge on any atom is -0.352 e. The van der Waals surface area contributed by atoms with Gasteiger partial charge in [-0.25, -0.2) is 4.98 Å². The first-order chi connectivity index (χ1) is 14.2. The van der Waals surface area contributed by atoms with Gasteiger partial charge in [-0.1, -0.05) is 23.7 Å². The van der Waals surface area contributed by atoms with Crippen LogP contribution in [0.4, 0.5) is 11.4 Å². The van der Waals surface area contributed by atoms with Crippen LogP contribution in [0.2, 0.25) is 5.02 Å². The lowest BCUT2D eigenvalue weighted by molar-refractivity contribution is 1.07. The van der Waals surface area contributed by atoms with Crippen molar-refractivity contribution in [2.75, 3.05) is 5.32 Å². The lowest BCUT2D eigenvalue weighted by atomic mass is 10.1. The summed E-state index contributed by atoms with van der Waals surface area (Å²) in [5.41, 5.74) is 5.96. The number of nitrogens with zero attached hydrogens (tertiary/aromatic N) is 3. The predicted octanol–water partition coefficient (Wildman–Crippen LogP) is 5.40. The van der Waals surface area contributed by atoms with E-state index in [1.807, 2.05) is 72.8 Å². The van der Waals surface area contributed by atoms with E-state index in [4.69, 9.17) is 22.0 Å². The Balaban J connectivity index is 1.77. The van der Waals surface area contributed by atoms with Crippen molar-refractivity contribution in [1.29, 1.82) is 5.41 Å². The molecule has 0 radical (unpaired) electrons. The average Bonchev–Trinajstić information content (AvgIpc) is 2.74. The second-order valence-corrected chi connectivity index (χ2v) is 7.10. The topological polar surface area (TPSA) is 66.6 Å². The van der Waals surface area contributed by atoms with Crippen molar-refractivity contribution in [1.82, 2.24) is 14.5 Å². The van der Waals surface area contributed by atoms with Crippen molar-refractivity contribution in [3.63, 3.8) is 0 Å². The Kier molecular flexibility index (Phi) is 4.22. The summed E-state index contributed by atoms with van der Waals surface area (Å²) in [5, 5.41) is 12.9. The van der Waals surface area contributed by atoms with E-state index < -0.39 is 0 Å². The van der Waals surface area contributed by atoms with Crippen LogP contribution in [0.1, 0.15) is 0 Å². The van der Waals surface area contributed by atoms with Gasteiger partial charge in [0, 0.05) is 16.9 Å². The molecule has 6 heteroatoms. The molecule has 0 saturated heterocycles. The van der Waals surface area contributed by atoms with Gasteiger partial charge in [-0.15, -0.1) is 0 Å². The van der Waals surface area contributed by atoms with Crippen molar-refractivity contribution in [2.24, 2.45) is 0 Å². The van der Waals surface area contributed by atoms with Crippen LogP contribution < -0.4 is 10.7 Å². The first-order valence-corrected chi connectivity index (χ1v) is 9.50. The molecule has 2 heterocycles. The molecule has 0 unspecified atom stereocenters. The van der Waals surface area contributed by atoms with Crippen LogP contribution in [-0.2, 0) is 0 Å².